The zero-order chi connectivity index (χ0) is 42.4. The Morgan fingerprint density at radius 2 is 0.750 bits per heavy atom. The Balaban J connectivity index is 1.03. The lowest BCUT2D eigenvalue weighted by Gasteiger charge is -2.29. The maximum atomic E-state index is 2.43. The minimum Gasteiger partial charge on any atom is -0.310 e. The molecular formula is C62H42N2. The van der Waals surface area contributed by atoms with Crippen LogP contribution >= 0.6 is 0 Å². The molecule has 0 aliphatic carbocycles. The number of benzene rings is 11. The van der Waals surface area contributed by atoms with Gasteiger partial charge in [-0.05, 0) is 110 Å². The van der Waals surface area contributed by atoms with Crippen LogP contribution in [0.25, 0.3) is 93.5 Å². The first-order chi connectivity index (χ1) is 31.8. The number of aromatic nitrogens is 1. The minimum atomic E-state index is 1.08. The van der Waals surface area contributed by atoms with Crippen molar-refractivity contribution in [2.45, 2.75) is 0 Å². The number of rotatable bonds is 8. The summed E-state index contributed by atoms with van der Waals surface area (Å²) < 4.78 is 2.43. The zero-order valence-corrected chi connectivity index (χ0v) is 35.1. The van der Waals surface area contributed by atoms with E-state index in [1.54, 1.807) is 0 Å². The highest BCUT2D eigenvalue weighted by Crippen LogP contribution is 2.45. The summed E-state index contributed by atoms with van der Waals surface area (Å²) in [6.07, 6.45) is 0. The Hall–Kier alpha value is -8.46. The van der Waals surface area contributed by atoms with E-state index in [0.29, 0.717) is 0 Å². The molecule has 12 aromatic rings. The number of hydrogen-bond acceptors (Lipinski definition) is 1. The number of anilines is 3. The van der Waals surface area contributed by atoms with Crippen LogP contribution in [0.1, 0.15) is 0 Å². The molecule has 2 nitrogen and oxygen atoms in total. The van der Waals surface area contributed by atoms with Crippen molar-refractivity contribution in [1.29, 1.82) is 0 Å². The second-order valence-corrected chi connectivity index (χ2v) is 16.5. The van der Waals surface area contributed by atoms with Crippen LogP contribution < -0.4 is 4.90 Å². The van der Waals surface area contributed by atoms with Crippen molar-refractivity contribution in [3.63, 3.8) is 0 Å². The van der Waals surface area contributed by atoms with Crippen LogP contribution in [0.15, 0.2) is 255 Å². The van der Waals surface area contributed by atoms with Crippen LogP contribution in [0.2, 0.25) is 0 Å². The minimum absolute atomic E-state index is 1.08. The van der Waals surface area contributed by atoms with Gasteiger partial charge in [0.15, 0.2) is 0 Å². The molecule has 11 aromatic carbocycles. The Labute approximate surface area is 373 Å². The fourth-order valence-corrected chi connectivity index (χ4v) is 9.80. The highest BCUT2D eigenvalue weighted by Gasteiger charge is 2.21. The van der Waals surface area contributed by atoms with Gasteiger partial charge in [-0.1, -0.05) is 200 Å². The monoisotopic (exact) mass is 814 g/mol. The molecule has 0 spiro atoms. The van der Waals surface area contributed by atoms with Gasteiger partial charge in [-0.25, -0.2) is 0 Å². The fourth-order valence-electron chi connectivity index (χ4n) is 9.80. The standard InChI is InChI=1S/C62H42N2/c1-3-18-44(19-4-1)51-38-39-52(55-25-10-9-24-54(51)55)46-32-35-49(36-33-46)63(50-37-31-43-17-7-8-22-47(43)41-50)62-40-34-48(42-58(62)45-20-5-2-6-21-45)53-23-11-14-28-59(53)64-60-29-15-12-26-56(60)57-27-13-16-30-61(57)64/h1-42H. The van der Waals surface area contributed by atoms with E-state index in [4.69, 9.17) is 0 Å². The first kappa shape index (κ1) is 37.3. The van der Waals surface area contributed by atoms with E-state index < -0.39 is 0 Å². The second-order valence-electron chi connectivity index (χ2n) is 16.5. The first-order valence-corrected chi connectivity index (χ1v) is 22.0. The summed E-state index contributed by atoms with van der Waals surface area (Å²) in [4.78, 5) is 2.43. The topological polar surface area (TPSA) is 8.17 Å². The molecule has 12 rings (SSSR count). The summed E-state index contributed by atoms with van der Waals surface area (Å²) in [5.74, 6) is 0. The number of hydrogen-bond donors (Lipinski definition) is 0. The molecule has 0 atom stereocenters. The molecule has 0 saturated carbocycles. The lowest BCUT2D eigenvalue weighted by molar-refractivity contribution is 1.18. The van der Waals surface area contributed by atoms with Gasteiger partial charge >= 0.3 is 0 Å². The van der Waals surface area contributed by atoms with Gasteiger partial charge in [-0.3, -0.25) is 0 Å². The Bertz CT molecular complexity index is 3610. The molecule has 0 radical (unpaired) electrons. The van der Waals surface area contributed by atoms with Gasteiger partial charge in [0.1, 0.15) is 0 Å². The predicted octanol–water partition coefficient (Wildman–Crippen LogP) is 17.2. The smallest absolute Gasteiger partial charge is 0.0541 e. The number of para-hydroxylation sites is 3. The second kappa shape index (κ2) is 15.8. The van der Waals surface area contributed by atoms with Crippen molar-refractivity contribution < 1.29 is 0 Å². The molecule has 64 heavy (non-hydrogen) atoms. The molecule has 2 heteroatoms. The Morgan fingerprint density at radius 1 is 0.266 bits per heavy atom. The van der Waals surface area contributed by atoms with Crippen LogP contribution in [0, 0.1) is 0 Å². The van der Waals surface area contributed by atoms with Gasteiger partial charge in [-0.15, -0.1) is 0 Å². The molecule has 0 unspecified atom stereocenters. The zero-order valence-electron chi connectivity index (χ0n) is 35.1. The molecule has 1 heterocycles. The molecular weight excluding hydrogens is 773 g/mol. The maximum Gasteiger partial charge on any atom is 0.0541 e. The molecule has 0 aliphatic rings. The van der Waals surface area contributed by atoms with Crippen molar-refractivity contribution in [2.75, 3.05) is 4.90 Å². The first-order valence-electron chi connectivity index (χ1n) is 22.0. The van der Waals surface area contributed by atoms with Crippen LogP contribution in [-0.4, -0.2) is 4.57 Å². The fraction of sp³-hybridized carbons (Fsp3) is 0. The summed E-state index contributed by atoms with van der Waals surface area (Å²) in [6, 6.07) is 92.7. The van der Waals surface area contributed by atoms with E-state index in [1.807, 2.05) is 0 Å². The number of fused-ring (bicyclic) bond motifs is 5. The van der Waals surface area contributed by atoms with E-state index in [9.17, 15) is 0 Å². The lowest BCUT2D eigenvalue weighted by atomic mass is 9.92. The quantitative estimate of drug-likeness (QED) is 0.148. The van der Waals surface area contributed by atoms with Crippen molar-refractivity contribution in [2.24, 2.45) is 0 Å². The Morgan fingerprint density at radius 3 is 1.41 bits per heavy atom. The Kier molecular flexibility index (Phi) is 9.20. The molecule has 300 valence electrons. The normalized spacial score (nSPS) is 11.4. The van der Waals surface area contributed by atoms with E-state index >= 15 is 0 Å². The average Bonchev–Trinajstić information content (AvgIpc) is 3.71. The van der Waals surface area contributed by atoms with Crippen LogP contribution in [0.4, 0.5) is 17.1 Å². The highest BCUT2D eigenvalue weighted by molar-refractivity contribution is 6.10. The molecule has 0 amide bonds. The van der Waals surface area contributed by atoms with Crippen molar-refractivity contribution in [3.05, 3.63) is 255 Å². The van der Waals surface area contributed by atoms with E-state index in [2.05, 4.69) is 264 Å². The van der Waals surface area contributed by atoms with Gasteiger partial charge in [-0.2, -0.15) is 0 Å². The van der Waals surface area contributed by atoms with Crippen LogP contribution in [-0.2, 0) is 0 Å². The van der Waals surface area contributed by atoms with Gasteiger partial charge in [0, 0.05) is 33.3 Å². The molecule has 0 fully saturated rings. The largest absolute Gasteiger partial charge is 0.310 e. The summed E-state index contributed by atoms with van der Waals surface area (Å²) in [5.41, 5.74) is 16.3. The van der Waals surface area contributed by atoms with Gasteiger partial charge in [0.2, 0.25) is 0 Å². The lowest BCUT2D eigenvalue weighted by Crippen LogP contribution is -2.11. The van der Waals surface area contributed by atoms with Crippen molar-refractivity contribution in [3.8, 4) is 50.2 Å². The summed E-state index contributed by atoms with van der Waals surface area (Å²) in [5, 5.41) is 7.41. The predicted molar refractivity (Wildman–Crippen MR) is 272 cm³/mol. The summed E-state index contributed by atoms with van der Waals surface area (Å²) >= 11 is 0. The maximum absolute atomic E-state index is 2.43. The molecule has 0 aliphatic heterocycles. The van der Waals surface area contributed by atoms with E-state index in [1.165, 1.54) is 71.2 Å². The van der Waals surface area contributed by atoms with Crippen molar-refractivity contribution >= 4 is 60.4 Å². The highest BCUT2D eigenvalue weighted by atomic mass is 15.1. The van der Waals surface area contributed by atoms with E-state index in [-0.39, 0.29) is 0 Å². The number of nitrogens with zero attached hydrogens (tertiary/aromatic N) is 2. The molecule has 1 aromatic heterocycles. The third-order valence-corrected chi connectivity index (χ3v) is 12.8. The third kappa shape index (κ3) is 6.44. The molecule has 0 bridgehead atoms. The van der Waals surface area contributed by atoms with Crippen LogP contribution in [0.3, 0.4) is 0 Å². The van der Waals surface area contributed by atoms with Crippen LogP contribution in [0.5, 0.6) is 0 Å². The SMILES string of the molecule is c1ccc(-c2cc(-c3ccccc3-n3c4ccccc4c4ccccc43)ccc2N(c2ccc(-c3ccc(-c4ccccc4)c4ccccc34)cc2)c2ccc3ccccc3c2)cc1. The van der Waals surface area contributed by atoms with E-state index in [0.717, 1.165) is 39.4 Å². The van der Waals surface area contributed by atoms with Gasteiger partial charge in [0.25, 0.3) is 0 Å². The summed E-state index contributed by atoms with van der Waals surface area (Å²) in [6.45, 7) is 0. The third-order valence-electron chi connectivity index (χ3n) is 12.8. The van der Waals surface area contributed by atoms with Gasteiger partial charge < -0.3 is 9.47 Å². The van der Waals surface area contributed by atoms with Crippen molar-refractivity contribution in [1.82, 2.24) is 4.57 Å². The van der Waals surface area contributed by atoms with Gasteiger partial charge in [0.05, 0.1) is 22.4 Å². The summed E-state index contributed by atoms with van der Waals surface area (Å²) in [7, 11) is 0. The molecule has 0 saturated heterocycles. The average molecular weight is 815 g/mol. The molecule has 0 N–H and O–H groups in total.